The van der Waals surface area contributed by atoms with Crippen LogP contribution in [-0.2, 0) is 4.79 Å². The van der Waals surface area contributed by atoms with Gasteiger partial charge < -0.3 is 15.8 Å². The first kappa shape index (κ1) is 17.8. The van der Waals surface area contributed by atoms with E-state index in [4.69, 9.17) is 22.1 Å². The molecule has 5 heteroatoms. The van der Waals surface area contributed by atoms with Crippen LogP contribution in [0.2, 0.25) is 5.02 Å². The highest BCUT2D eigenvalue weighted by Gasteiger charge is 2.18. The fourth-order valence-corrected chi connectivity index (χ4v) is 2.24. The van der Waals surface area contributed by atoms with Crippen LogP contribution in [0.4, 0.5) is 0 Å². The highest BCUT2D eigenvalue weighted by atomic mass is 35.5. The van der Waals surface area contributed by atoms with E-state index < -0.39 is 6.10 Å². The molecule has 118 valence electrons. The molecule has 3 N–H and O–H groups in total. The van der Waals surface area contributed by atoms with E-state index in [0.29, 0.717) is 10.8 Å². The van der Waals surface area contributed by atoms with Crippen molar-refractivity contribution in [2.24, 2.45) is 5.73 Å². The summed E-state index contributed by atoms with van der Waals surface area (Å²) in [6.45, 7) is 7.67. The van der Waals surface area contributed by atoms with Gasteiger partial charge in [-0.15, -0.1) is 0 Å². The molecule has 0 saturated heterocycles. The molecule has 0 aliphatic carbocycles. The fraction of sp³-hybridized carbons (Fsp3) is 0.562. The monoisotopic (exact) mass is 312 g/mol. The number of nitrogens with one attached hydrogen (secondary N) is 1. The van der Waals surface area contributed by atoms with Crippen LogP contribution >= 0.6 is 11.6 Å². The quantitative estimate of drug-likeness (QED) is 0.810. The van der Waals surface area contributed by atoms with Crippen molar-refractivity contribution < 1.29 is 9.53 Å². The first-order chi connectivity index (χ1) is 9.85. The number of carbonyl (C=O) groups is 1. The lowest BCUT2D eigenvalue weighted by Crippen LogP contribution is -2.41. The van der Waals surface area contributed by atoms with Crippen LogP contribution in [0.25, 0.3) is 0 Å². The van der Waals surface area contributed by atoms with Crippen molar-refractivity contribution in [1.82, 2.24) is 5.32 Å². The molecular weight excluding hydrogens is 288 g/mol. The Morgan fingerprint density at radius 2 is 2.05 bits per heavy atom. The molecule has 1 aromatic carbocycles. The fourth-order valence-electron chi connectivity index (χ4n) is 2.01. The van der Waals surface area contributed by atoms with E-state index in [1.165, 1.54) is 0 Å². The highest BCUT2D eigenvalue weighted by molar-refractivity contribution is 6.32. The molecule has 1 amide bonds. The second-order valence-corrected chi connectivity index (χ2v) is 5.84. The van der Waals surface area contributed by atoms with Crippen molar-refractivity contribution in [1.29, 1.82) is 0 Å². The molecule has 1 aromatic rings. The van der Waals surface area contributed by atoms with Crippen molar-refractivity contribution in [2.45, 2.75) is 58.7 Å². The van der Waals surface area contributed by atoms with Gasteiger partial charge in [-0.25, -0.2) is 0 Å². The van der Waals surface area contributed by atoms with Crippen molar-refractivity contribution in [2.75, 3.05) is 0 Å². The summed E-state index contributed by atoms with van der Waals surface area (Å²) in [5.41, 5.74) is 6.73. The number of hydrogen-bond donors (Lipinski definition) is 2. The third-order valence-corrected chi connectivity index (χ3v) is 3.56. The number of benzene rings is 1. The molecule has 4 nitrogen and oxygen atoms in total. The summed E-state index contributed by atoms with van der Waals surface area (Å²) in [4.78, 5) is 12.0. The Balaban J connectivity index is 2.66. The first-order valence-corrected chi connectivity index (χ1v) is 7.75. The van der Waals surface area contributed by atoms with Gasteiger partial charge in [0, 0.05) is 12.1 Å². The summed E-state index contributed by atoms with van der Waals surface area (Å²) < 4.78 is 5.64. The Kier molecular flexibility index (Phi) is 6.99. The summed E-state index contributed by atoms with van der Waals surface area (Å²) >= 11 is 6.17. The number of amides is 1. The van der Waals surface area contributed by atoms with Crippen molar-refractivity contribution in [3.05, 3.63) is 28.8 Å². The summed E-state index contributed by atoms with van der Waals surface area (Å²) in [6, 6.07) is 5.43. The third kappa shape index (κ3) is 5.56. The summed E-state index contributed by atoms with van der Waals surface area (Å²) in [7, 11) is 0. The van der Waals surface area contributed by atoms with Crippen LogP contribution in [0.3, 0.4) is 0 Å². The number of rotatable bonds is 7. The molecule has 3 unspecified atom stereocenters. The van der Waals surface area contributed by atoms with Crippen LogP contribution < -0.4 is 15.8 Å². The average molecular weight is 313 g/mol. The Labute approximate surface area is 132 Å². The van der Waals surface area contributed by atoms with Gasteiger partial charge in [0.1, 0.15) is 5.75 Å². The lowest BCUT2D eigenvalue weighted by Gasteiger charge is -2.19. The largest absolute Gasteiger partial charge is 0.479 e. The van der Waals surface area contributed by atoms with Gasteiger partial charge in [0.15, 0.2) is 6.10 Å². The molecule has 3 atom stereocenters. The Hall–Kier alpha value is -1.26. The van der Waals surface area contributed by atoms with Gasteiger partial charge in [0.05, 0.1) is 5.02 Å². The SMILES string of the molecule is CCCC(C)NC(=O)C(C)Oc1ccc(C(C)N)cc1Cl. The van der Waals surface area contributed by atoms with E-state index in [1.54, 1.807) is 19.1 Å². The van der Waals surface area contributed by atoms with E-state index in [2.05, 4.69) is 12.2 Å². The maximum atomic E-state index is 12.0. The van der Waals surface area contributed by atoms with Crippen molar-refractivity contribution in [3.8, 4) is 5.75 Å². The lowest BCUT2D eigenvalue weighted by atomic mass is 10.1. The Bertz CT molecular complexity index is 477. The van der Waals surface area contributed by atoms with Gasteiger partial charge in [-0.05, 0) is 44.9 Å². The molecule has 0 spiro atoms. The summed E-state index contributed by atoms with van der Waals surface area (Å²) in [5, 5.41) is 3.39. The van der Waals surface area contributed by atoms with Crippen LogP contribution in [0, 0.1) is 0 Å². The van der Waals surface area contributed by atoms with Crippen LogP contribution in [0.5, 0.6) is 5.75 Å². The van der Waals surface area contributed by atoms with Crippen LogP contribution in [-0.4, -0.2) is 18.1 Å². The highest BCUT2D eigenvalue weighted by Crippen LogP contribution is 2.28. The summed E-state index contributed by atoms with van der Waals surface area (Å²) in [6.07, 6.45) is 1.38. The average Bonchev–Trinajstić information content (AvgIpc) is 2.40. The molecule has 0 fully saturated rings. The zero-order chi connectivity index (χ0) is 16.0. The molecule has 21 heavy (non-hydrogen) atoms. The van der Waals surface area contributed by atoms with Gasteiger partial charge in [0.2, 0.25) is 0 Å². The predicted octanol–water partition coefficient (Wildman–Crippen LogP) is 3.43. The number of nitrogens with two attached hydrogens (primary N) is 1. The zero-order valence-electron chi connectivity index (χ0n) is 13.2. The van der Waals surface area contributed by atoms with E-state index >= 15 is 0 Å². The molecule has 0 aromatic heterocycles. The van der Waals surface area contributed by atoms with Gasteiger partial charge in [-0.3, -0.25) is 4.79 Å². The topological polar surface area (TPSA) is 64.3 Å². The smallest absolute Gasteiger partial charge is 0.260 e. The molecular formula is C16H25ClN2O2. The van der Waals surface area contributed by atoms with Gasteiger partial charge in [0.25, 0.3) is 5.91 Å². The molecule has 0 aliphatic rings. The van der Waals surface area contributed by atoms with E-state index in [9.17, 15) is 4.79 Å². The van der Waals surface area contributed by atoms with E-state index in [0.717, 1.165) is 18.4 Å². The van der Waals surface area contributed by atoms with Crippen LogP contribution in [0.1, 0.15) is 52.1 Å². The molecule has 0 aliphatic heterocycles. The third-order valence-electron chi connectivity index (χ3n) is 3.27. The second kappa shape index (κ2) is 8.25. The Morgan fingerprint density at radius 3 is 2.57 bits per heavy atom. The van der Waals surface area contributed by atoms with Gasteiger partial charge >= 0.3 is 0 Å². The first-order valence-electron chi connectivity index (χ1n) is 7.37. The minimum absolute atomic E-state index is 0.0906. The maximum absolute atomic E-state index is 12.0. The maximum Gasteiger partial charge on any atom is 0.260 e. The zero-order valence-corrected chi connectivity index (χ0v) is 13.9. The minimum atomic E-state index is -0.594. The van der Waals surface area contributed by atoms with E-state index in [-0.39, 0.29) is 18.0 Å². The molecule has 0 radical (unpaired) electrons. The molecule has 1 rings (SSSR count). The van der Waals surface area contributed by atoms with Crippen LogP contribution in [0.15, 0.2) is 18.2 Å². The standard InChI is InChI=1S/C16H25ClN2O2/c1-5-6-10(2)19-16(20)12(4)21-15-8-7-13(11(3)18)9-14(15)17/h7-12H,5-6,18H2,1-4H3,(H,19,20). The number of carbonyl (C=O) groups excluding carboxylic acids is 1. The number of halogens is 1. The second-order valence-electron chi connectivity index (χ2n) is 5.44. The number of hydrogen-bond acceptors (Lipinski definition) is 3. The lowest BCUT2D eigenvalue weighted by molar-refractivity contribution is -0.127. The predicted molar refractivity (Wildman–Crippen MR) is 86.7 cm³/mol. The Morgan fingerprint density at radius 1 is 1.38 bits per heavy atom. The van der Waals surface area contributed by atoms with Gasteiger partial charge in [-0.1, -0.05) is 31.0 Å². The normalized spacial score (nSPS) is 15.1. The number of ether oxygens (including phenoxy) is 1. The van der Waals surface area contributed by atoms with Crippen molar-refractivity contribution in [3.63, 3.8) is 0 Å². The van der Waals surface area contributed by atoms with Gasteiger partial charge in [-0.2, -0.15) is 0 Å². The molecule has 0 heterocycles. The van der Waals surface area contributed by atoms with E-state index in [1.807, 2.05) is 19.9 Å². The molecule has 0 bridgehead atoms. The molecule has 0 saturated carbocycles. The summed E-state index contributed by atoms with van der Waals surface area (Å²) in [5.74, 6) is 0.357. The van der Waals surface area contributed by atoms with Crippen molar-refractivity contribution >= 4 is 17.5 Å². The minimum Gasteiger partial charge on any atom is -0.479 e.